The molecule has 0 aliphatic carbocycles. The van der Waals surface area contributed by atoms with E-state index in [1.165, 1.54) is 6.42 Å². The van der Waals surface area contributed by atoms with Gasteiger partial charge in [0, 0.05) is 58.8 Å². The number of rotatable bonds is 8. The lowest BCUT2D eigenvalue weighted by atomic mass is 10.1. The van der Waals surface area contributed by atoms with Crippen molar-refractivity contribution < 1.29 is 14.2 Å². The van der Waals surface area contributed by atoms with Crippen LogP contribution in [0.5, 0.6) is 0 Å². The van der Waals surface area contributed by atoms with E-state index in [-0.39, 0.29) is 0 Å². The van der Waals surface area contributed by atoms with Crippen molar-refractivity contribution in [3.63, 3.8) is 0 Å². The van der Waals surface area contributed by atoms with Crippen molar-refractivity contribution in [2.24, 2.45) is 16.8 Å². The molecule has 0 amide bonds. The van der Waals surface area contributed by atoms with Crippen molar-refractivity contribution in [2.75, 3.05) is 66.8 Å². The normalized spacial score (nSPS) is 25.9. The summed E-state index contributed by atoms with van der Waals surface area (Å²) >= 11 is 0. The molecule has 2 aliphatic rings. The third-order valence-corrected chi connectivity index (χ3v) is 4.33. The first-order chi connectivity index (χ1) is 10.8. The minimum atomic E-state index is 0.600. The van der Waals surface area contributed by atoms with Crippen molar-refractivity contribution in [3.8, 4) is 0 Å². The van der Waals surface area contributed by atoms with Gasteiger partial charge in [-0.3, -0.25) is 4.99 Å². The number of ether oxygens (including phenoxy) is 3. The van der Waals surface area contributed by atoms with Crippen LogP contribution >= 0.6 is 0 Å². The molecule has 2 heterocycles. The summed E-state index contributed by atoms with van der Waals surface area (Å²) in [5, 5.41) is 3.43. The fraction of sp³-hybridized carbons (Fsp3) is 0.938. The standard InChI is InChI=1S/C16H31N3O3/c1-17-16(19-7-4-14(10-19)11-20-2)18-6-3-8-21-12-15-5-9-22-13-15/h14-15H,3-13H2,1-2H3,(H,17,18). The second-order valence-electron chi connectivity index (χ2n) is 6.19. The van der Waals surface area contributed by atoms with Crippen LogP contribution in [0, 0.1) is 11.8 Å². The Morgan fingerprint density at radius 1 is 1.32 bits per heavy atom. The van der Waals surface area contributed by atoms with Crippen LogP contribution in [0.25, 0.3) is 0 Å². The van der Waals surface area contributed by atoms with Crippen molar-refractivity contribution in [3.05, 3.63) is 0 Å². The van der Waals surface area contributed by atoms with E-state index in [9.17, 15) is 0 Å². The van der Waals surface area contributed by atoms with E-state index in [0.717, 1.165) is 71.5 Å². The molecule has 0 bridgehead atoms. The fourth-order valence-electron chi connectivity index (χ4n) is 3.07. The molecule has 2 saturated heterocycles. The Labute approximate surface area is 134 Å². The maximum Gasteiger partial charge on any atom is 0.193 e. The average molecular weight is 313 g/mol. The van der Waals surface area contributed by atoms with E-state index < -0.39 is 0 Å². The molecule has 0 aromatic rings. The largest absolute Gasteiger partial charge is 0.384 e. The van der Waals surface area contributed by atoms with Crippen LogP contribution in [0.1, 0.15) is 19.3 Å². The quantitative estimate of drug-likeness (QED) is 0.411. The highest BCUT2D eigenvalue weighted by Gasteiger charge is 2.24. The molecule has 2 atom stereocenters. The van der Waals surface area contributed by atoms with Crippen LogP contribution in [-0.4, -0.2) is 77.7 Å². The molecule has 2 rings (SSSR count). The first kappa shape index (κ1) is 17.5. The summed E-state index contributed by atoms with van der Waals surface area (Å²) in [4.78, 5) is 6.70. The van der Waals surface area contributed by atoms with Gasteiger partial charge < -0.3 is 24.4 Å². The van der Waals surface area contributed by atoms with Crippen molar-refractivity contribution >= 4 is 5.96 Å². The van der Waals surface area contributed by atoms with Gasteiger partial charge in [0.05, 0.1) is 19.8 Å². The number of hydrogen-bond acceptors (Lipinski definition) is 4. The van der Waals surface area contributed by atoms with E-state index in [1.807, 2.05) is 7.05 Å². The third kappa shape index (κ3) is 5.74. The van der Waals surface area contributed by atoms with Gasteiger partial charge in [-0.15, -0.1) is 0 Å². The van der Waals surface area contributed by atoms with Gasteiger partial charge in [-0.25, -0.2) is 0 Å². The Kier molecular flexibility index (Phi) is 7.98. The zero-order valence-corrected chi connectivity index (χ0v) is 14.1. The van der Waals surface area contributed by atoms with Crippen LogP contribution in [0.15, 0.2) is 4.99 Å². The number of likely N-dealkylation sites (tertiary alicyclic amines) is 1. The van der Waals surface area contributed by atoms with Crippen LogP contribution in [0.4, 0.5) is 0 Å². The predicted molar refractivity (Wildman–Crippen MR) is 87.3 cm³/mol. The number of methoxy groups -OCH3 is 1. The van der Waals surface area contributed by atoms with E-state index in [1.54, 1.807) is 7.11 Å². The highest BCUT2D eigenvalue weighted by molar-refractivity contribution is 5.80. The Balaban J connectivity index is 1.53. The molecular formula is C16H31N3O3. The summed E-state index contributed by atoms with van der Waals surface area (Å²) in [6, 6.07) is 0. The lowest BCUT2D eigenvalue weighted by molar-refractivity contribution is 0.0887. The molecule has 0 aromatic heterocycles. The van der Waals surface area contributed by atoms with Gasteiger partial charge in [-0.05, 0) is 19.3 Å². The Morgan fingerprint density at radius 3 is 2.95 bits per heavy atom. The molecule has 0 saturated carbocycles. The zero-order chi connectivity index (χ0) is 15.6. The van der Waals surface area contributed by atoms with Gasteiger partial charge >= 0.3 is 0 Å². The Morgan fingerprint density at radius 2 is 2.23 bits per heavy atom. The molecule has 6 nitrogen and oxygen atoms in total. The summed E-state index contributed by atoms with van der Waals surface area (Å²) in [6.45, 7) is 7.23. The molecule has 128 valence electrons. The second-order valence-corrected chi connectivity index (χ2v) is 6.19. The Hall–Kier alpha value is -0.850. The number of nitrogens with one attached hydrogen (secondary N) is 1. The number of hydrogen-bond donors (Lipinski definition) is 1. The van der Waals surface area contributed by atoms with Crippen molar-refractivity contribution in [2.45, 2.75) is 19.3 Å². The van der Waals surface area contributed by atoms with Gasteiger partial charge in [0.25, 0.3) is 0 Å². The smallest absolute Gasteiger partial charge is 0.193 e. The monoisotopic (exact) mass is 313 g/mol. The van der Waals surface area contributed by atoms with E-state index in [4.69, 9.17) is 14.2 Å². The highest BCUT2D eigenvalue weighted by atomic mass is 16.5. The predicted octanol–water partition coefficient (Wildman–Crippen LogP) is 0.973. The minimum absolute atomic E-state index is 0.600. The molecule has 2 fully saturated rings. The van der Waals surface area contributed by atoms with Crippen molar-refractivity contribution in [1.29, 1.82) is 0 Å². The molecule has 0 radical (unpaired) electrons. The summed E-state index contributed by atoms with van der Waals surface area (Å²) in [5.74, 6) is 2.23. The molecule has 2 aliphatic heterocycles. The number of nitrogens with zero attached hydrogens (tertiary/aromatic N) is 2. The van der Waals surface area contributed by atoms with Crippen LogP contribution in [0.3, 0.4) is 0 Å². The van der Waals surface area contributed by atoms with Gasteiger partial charge in [0.1, 0.15) is 0 Å². The van der Waals surface area contributed by atoms with Gasteiger partial charge in [0.2, 0.25) is 0 Å². The second kappa shape index (κ2) is 10.0. The maximum absolute atomic E-state index is 5.72. The average Bonchev–Trinajstić information content (AvgIpc) is 3.19. The third-order valence-electron chi connectivity index (χ3n) is 4.33. The molecule has 1 N–H and O–H groups in total. The Bertz CT molecular complexity index is 333. The van der Waals surface area contributed by atoms with Gasteiger partial charge in [0.15, 0.2) is 5.96 Å². The van der Waals surface area contributed by atoms with Crippen LogP contribution in [-0.2, 0) is 14.2 Å². The first-order valence-electron chi connectivity index (χ1n) is 8.43. The lowest BCUT2D eigenvalue weighted by Crippen LogP contribution is -2.40. The van der Waals surface area contributed by atoms with E-state index in [0.29, 0.717) is 11.8 Å². The van der Waals surface area contributed by atoms with E-state index >= 15 is 0 Å². The molecule has 0 spiro atoms. The summed E-state index contributed by atoms with van der Waals surface area (Å²) < 4.78 is 16.3. The number of aliphatic imine (C=N–C) groups is 1. The summed E-state index contributed by atoms with van der Waals surface area (Å²) in [5.41, 5.74) is 0. The highest BCUT2D eigenvalue weighted by Crippen LogP contribution is 2.16. The fourth-order valence-corrected chi connectivity index (χ4v) is 3.07. The lowest BCUT2D eigenvalue weighted by Gasteiger charge is -2.21. The number of guanidine groups is 1. The van der Waals surface area contributed by atoms with Crippen LogP contribution in [0.2, 0.25) is 0 Å². The summed E-state index contributed by atoms with van der Waals surface area (Å²) in [6.07, 6.45) is 3.32. The summed E-state index contributed by atoms with van der Waals surface area (Å²) in [7, 11) is 3.62. The van der Waals surface area contributed by atoms with Crippen LogP contribution < -0.4 is 5.32 Å². The molecule has 2 unspecified atom stereocenters. The molecule has 0 aromatic carbocycles. The first-order valence-corrected chi connectivity index (χ1v) is 8.43. The van der Waals surface area contributed by atoms with Crippen molar-refractivity contribution in [1.82, 2.24) is 10.2 Å². The molecular weight excluding hydrogens is 282 g/mol. The topological polar surface area (TPSA) is 55.3 Å². The van der Waals surface area contributed by atoms with E-state index in [2.05, 4.69) is 15.2 Å². The van der Waals surface area contributed by atoms with Gasteiger partial charge in [-0.1, -0.05) is 0 Å². The molecule has 22 heavy (non-hydrogen) atoms. The molecule has 6 heteroatoms. The SMILES string of the molecule is CN=C(NCCCOCC1CCOC1)N1CCC(COC)C1. The maximum atomic E-state index is 5.72. The zero-order valence-electron chi connectivity index (χ0n) is 14.1. The van der Waals surface area contributed by atoms with Gasteiger partial charge in [-0.2, -0.15) is 0 Å². The minimum Gasteiger partial charge on any atom is -0.384 e.